The molecule has 0 radical (unpaired) electrons. The molecule has 80 valence electrons. The third kappa shape index (κ3) is 6.25. The van der Waals surface area contributed by atoms with Crippen molar-refractivity contribution in [2.24, 2.45) is 0 Å². The highest BCUT2D eigenvalue weighted by Crippen LogP contribution is 2.47. The van der Waals surface area contributed by atoms with E-state index < -0.39 is 7.37 Å². The van der Waals surface area contributed by atoms with Crippen molar-refractivity contribution < 1.29 is 13.6 Å². The molecule has 0 spiro atoms. The first-order valence-electron chi connectivity index (χ1n) is 4.67. The molecule has 0 aromatic heterocycles. The molecule has 4 heteroatoms. The fourth-order valence-electron chi connectivity index (χ4n) is 0.645. The smallest absolute Gasteiger partial charge is 0.202 e. The summed E-state index contributed by atoms with van der Waals surface area (Å²) in [7, 11) is 3.93. The number of hydrogen-bond acceptors (Lipinski definition) is 2. The molecule has 0 aliphatic heterocycles. The number of rotatable bonds is 5. The monoisotopic (exact) mass is 208 g/mol. The van der Waals surface area contributed by atoms with Crippen molar-refractivity contribution in [3.63, 3.8) is 0 Å². The first-order valence-corrected chi connectivity index (χ1v) is 6.81. The average Bonchev–Trinajstić information content (AvgIpc) is 1.82. The van der Waals surface area contributed by atoms with Crippen molar-refractivity contribution >= 4 is 7.37 Å². The molecule has 3 nitrogen and oxygen atoms in total. The molecule has 0 rings (SSSR count). The molecule has 0 aromatic rings. The number of likely N-dealkylation sites (N-methyl/N-ethyl adjacent to an activating group) is 1. The topological polar surface area (TPSA) is 26.3 Å². The predicted octanol–water partition coefficient (Wildman–Crippen LogP) is 2.03. The van der Waals surface area contributed by atoms with Crippen molar-refractivity contribution in [2.45, 2.75) is 19.5 Å². The Morgan fingerprint density at radius 3 is 2.08 bits per heavy atom. The van der Waals surface area contributed by atoms with Crippen LogP contribution in [0.5, 0.6) is 0 Å². The highest BCUT2D eigenvalue weighted by Gasteiger charge is 2.21. The summed E-state index contributed by atoms with van der Waals surface area (Å²) >= 11 is 0. The van der Waals surface area contributed by atoms with Gasteiger partial charge in [0.25, 0.3) is 0 Å². The zero-order valence-electron chi connectivity index (χ0n) is 9.70. The van der Waals surface area contributed by atoms with Gasteiger partial charge in [-0.3, -0.25) is 4.57 Å². The second kappa shape index (κ2) is 4.59. The van der Waals surface area contributed by atoms with E-state index in [1.54, 1.807) is 6.66 Å². The summed E-state index contributed by atoms with van der Waals surface area (Å²) in [4.78, 5) is 0. The van der Waals surface area contributed by atoms with E-state index in [1.807, 2.05) is 13.8 Å². The molecule has 0 aromatic carbocycles. The fraction of sp³-hybridized carbons (Fsp3) is 1.00. The Bertz CT molecular complexity index is 196. The van der Waals surface area contributed by atoms with Crippen LogP contribution in [0.15, 0.2) is 0 Å². The van der Waals surface area contributed by atoms with Gasteiger partial charge in [-0.25, -0.2) is 0 Å². The van der Waals surface area contributed by atoms with E-state index in [4.69, 9.17) is 4.52 Å². The van der Waals surface area contributed by atoms with Gasteiger partial charge >= 0.3 is 0 Å². The molecule has 13 heavy (non-hydrogen) atoms. The van der Waals surface area contributed by atoms with Crippen molar-refractivity contribution in [1.29, 1.82) is 0 Å². The molecule has 0 bridgehead atoms. The SMILES string of the molecule is CC(C)P(C)(=O)OCC[N+](C)(C)C. The number of nitrogens with zero attached hydrogens (tertiary/aromatic N) is 1. The maximum absolute atomic E-state index is 11.8. The molecule has 0 aliphatic rings. The molecule has 0 saturated carbocycles. The molecular formula is C9H23NO2P+. The van der Waals surface area contributed by atoms with E-state index in [2.05, 4.69) is 21.1 Å². The maximum Gasteiger partial charge on any atom is 0.202 e. The number of quaternary nitrogens is 1. The normalized spacial score (nSPS) is 17.5. The molecule has 0 amide bonds. The highest BCUT2D eigenvalue weighted by atomic mass is 31.2. The Morgan fingerprint density at radius 1 is 1.31 bits per heavy atom. The molecule has 1 unspecified atom stereocenters. The fourth-order valence-corrected chi connectivity index (χ4v) is 1.39. The molecule has 1 atom stereocenters. The zero-order chi connectivity index (χ0) is 10.7. The molecule has 0 saturated heterocycles. The van der Waals surface area contributed by atoms with Crippen LogP contribution >= 0.6 is 7.37 Å². The summed E-state index contributed by atoms with van der Waals surface area (Å²) in [5.74, 6) is 0. The van der Waals surface area contributed by atoms with Crippen LogP contribution in [0.2, 0.25) is 0 Å². The lowest BCUT2D eigenvalue weighted by Gasteiger charge is -2.25. The van der Waals surface area contributed by atoms with Gasteiger partial charge in [0.05, 0.1) is 21.1 Å². The van der Waals surface area contributed by atoms with Crippen LogP contribution < -0.4 is 0 Å². The second-order valence-electron chi connectivity index (χ2n) is 4.85. The summed E-state index contributed by atoms with van der Waals surface area (Å²) in [5.41, 5.74) is 0.125. The summed E-state index contributed by atoms with van der Waals surface area (Å²) in [5, 5.41) is 0. The Kier molecular flexibility index (Phi) is 4.64. The molecule has 0 aliphatic carbocycles. The minimum Gasteiger partial charge on any atom is -0.329 e. The largest absolute Gasteiger partial charge is 0.329 e. The van der Waals surface area contributed by atoms with Crippen molar-refractivity contribution in [3.05, 3.63) is 0 Å². The van der Waals surface area contributed by atoms with Crippen LogP contribution in [-0.2, 0) is 9.09 Å². The Balaban J connectivity index is 3.84. The van der Waals surface area contributed by atoms with E-state index in [9.17, 15) is 4.57 Å². The van der Waals surface area contributed by atoms with Crippen molar-refractivity contribution in [3.8, 4) is 0 Å². The molecule has 0 heterocycles. The van der Waals surface area contributed by atoms with E-state index in [-0.39, 0.29) is 5.66 Å². The quantitative estimate of drug-likeness (QED) is 0.510. The summed E-state index contributed by atoms with van der Waals surface area (Å²) in [6.07, 6.45) is 0. The lowest BCUT2D eigenvalue weighted by atomic mass is 10.5. The van der Waals surface area contributed by atoms with Gasteiger partial charge in [-0.05, 0) is 0 Å². The lowest BCUT2D eigenvalue weighted by Crippen LogP contribution is -2.37. The van der Waals surface area contributed by atoms with Crippen LogP contribution in [0.25, 0.3) is 0 Å². The van der Waals surface area contributed by atoms with Crippen LogP contribution in [0.3, 0.4) is 0 Å². The van der Waals surface area contributed by atoms with Crippen LogP contribution in [-0.4, -0.2) is 51.1 Å². The van der Waals surface area contributed by atoms with Gasteiger partial charge < -0.3 is 9.01 Å². The minimum atomic E-state index is -2.36. The number of hydrogen-bond donors (Lipinski definition) is 0. The molecular weight excluding hydrogens is 185 g/mol. The minimum absolute atomic E-state index is 0.125. The predicted molar refractivity (Wildman–Crippen MR) is 57.5 cm³/mol. The van der Waals surface area contributed by atoms with E-state index in [0.717, 1.165) is 11.0 Å². The third-order valence-electron chi connectivity index (χ3n) is 2.05. The van der Waals surface area contributed by atoms with Crippen molar-refractivity contribution in [1.82, 2.24) is 0 Å². The van der Waals surface area contributed by atoms with E-state index in [1.165, 1.54) is 0 Å². The maximum atomic E-state index is 11.8. The third-order valence-corrected chi connectivity index (χ3v) is 4.62. The summed E-state index contributed by atoms with van der Waals surface area (Å²) < 4.78 is 18.0. The summed E-state index contributed by atoms with van der Waals surface area (Å²) in [6.45, 7) is 7.06. The average molecular weight is 208 g/mol. The Labute approximate surface area is 82.1 Å². The summed E-state index contributed by atoms with van der Waals surface area (Å²) in [6, 6.07) is 0. The molecule has 0 fully saturated rings. The van der Waals surface area contributed by atoms with Crippen LogP contribution in [0, 0.1) is 0 Å². The van der Waals surface area contributed by atoms with Crippen molar-refractivity contribution in [2.75, 3.05) is 41.0 Å². The van der Waals surface area contributed by atoms with E-state index >= 15 is 0 Å². The van der Waals surface area contributed by atoms with Gasteiger partial charge in [0.2, 0.25) is 7.37 Å². The van der Waals surface area contributed by atoms with Gasteiger partial charge in [-0.1, -0.05) is 13.8 Å². The van der Waals surface area contributed by atoms with Gasteiger partial charge in [-0.15, -0.1) is 0 Å². The zero-order valence-corrected chi connectivity index (χ0v) is 10.6. The highest BCUT2D eigenvalue weighted by molar-refractivity contribution is 7.58. The lowest BCUT2D eigenvalue weighted by molar-refractivity contribution is -0.870. The first-order chi connectivity index (χ1) is 5.65. The Hall–Kier alpha value is 0.150. The standard InChI is InChI=1S/C9H23NO2P/c1-9(2)13(6,11)12-8-7-10(3,4)5/h9H,7-8H2,1-6H3/q+1. The Morgan fingerprint density at radius 2 is 1.77 bits per heavy atom. The van der Waals surface area contributed by atoms with Crippen LogP contribution in [0.4, 0.5) is 0 Å². The van der Waals surface area contributed by atoms with Gasteiger partial charge in [-0.2, -0.15) is 0 Å². The van der Waals surface area contributed by atoms with Crippen LogP contribution in [0.1, 0.15) is 13.8 Å². The van der Waals surface area contributed by atoms with Gasteiger partial charge in [0, 0.05) is 12.3 Å². The first kappa shape index (κ1) is 13.2. The second-order valence-corrected chi connectivity index (χ2v) is 7.96. The van der Waals surface area contributed by atoms with Gasteiger partial charge in [0.15, 0.2) is 0 Å². The molecule has 0 N–H and O–H groups in total. The van der Waals surface area contributed by atoms with Gasteiger partial charge in [0.1, 0.15) is 13.2 Å². The van der Waals surface area contributed by atoms with E-state index in [0.29, 0.717) is 6.61 Å².